The van der Waals surface area contributed by atoms with E-state index in [-0.39, 0.29) is 11.8 Å². The van der Waals surface area contributed by atoms with E-state index in [9.17, 15) is 4.79 Å². The molecule has 1 saturated heterocycles. The normalized spacial score (nSPS) is 15.3. The van der Waals surface area contributed by atoms with Gasteiger partial charge in [0.15, 0.2) is 0 Å². The van der Waals surface area contributed by atoms with Crippen LogP contribution in [0.15, 0.2) is 85.1 Å². The highest BCUT2D eigenvalue weighted by atomic mass is 16.5. The summed E-state index contributed by atoms with van der Waals surface area (Å²) < 4.78 is 8.30. The summed E-state index contributed by atoms with van der Waals surface area (Å²) in [6, 6.07) is 26.5. The molecular weight excluding hydrogens is 434 g/mol. The topological polar surface area (TPSA) is 37.7 Å². The van der Waals surface area contributed by atoms with Gasteiger partial charge in [-0.3, -0.25) is 4.79 Å². The molecule has 35 heavy (non-hydrogen) atoms. The molecule has 1 aliphatic rings. The summed E-state index contributed by atoms with van der Waals surface area (Å²) >= 11 is 0. The number of para-hydroxylation sites is 2. The van der Waals surface area contributed by atoms with E-state index < -0.39 is 0 Å². The molecule has 5 heteroatoms. The first kappa shape index (κ1) is 23.2. The first-order chi connectivity index (χ1) is 17.1. The summed E-state index contributed by atoms with van der Waals surface area (Å²) in [5, 5.41) is 1.19. The summed E-state index contributed by atoms with van der Waals surface area (Å²) in [5.74, 6) is 1.74. The number of carbonyl (C=O) groups excluding carboxylic acids is 1. The zero-order chi connectivity index (χ0) is 24.2. The van der Waals surface area contributed by atoms with Gasteiger partial charge in [0, 0.05) is 62.7 Å². The van der Waals surface area contributed by atoms with Gasteiger partial charge in [-0.1, -0.05) is 55.5 Å². The van der Waals surface area contributed by atoms with Crippen LogP contribution in [0.1, 0.15) is 30.4 Å². The predicted octanol–water partition coefficient (Wildman–Crippen LogP) is 5.66. The molecule has 1 aromatic heterocycles. The lowest BCUT2D eigenvalue weighted by atomic mass is 9.87. The third-order valence-corrected chi connectivity index (χ3v) is 7.09. The highest BCUT2D eigenvalue weighted by Crippen LogP contribution is 2.36. The zero-order valence-corrected chi connectivity index (χ0v) is 20.6. The van der Waals surface area contributed by atoms with E-state index >= 15 is 0 Å². The minimum atomic E-state index is -0.0582. The standard InChI is InChI=1S/C30H33N3O2/c1-3-32-16-18-33(19-17-32)30(34)21-27(28-22-31(2)29-15-8-7-14-26(28)29)23-10-9-13-25(20-23)35-24-11-5-4-6-12-24/h4-15,20,22,27H,3,16-19,21H2,1-2H3/t27-/m1/s1. The molecule has 5 nitrogen and oxygen atoms in total. The number of nitrogens with zero attached hydrogens (tertiary/aromatic N) is 3. The van der Waals surface area contributed by atoms with Crippen molar-refractivity contribution < 1.29 is 9.53 Å². The van der Waals surface area contributed by atoms with Gasteiger partial charge in [-0.25, -0.2) is 0 Å². The Hall–Kier alpha value is -3.57. The van der Waals surface area contributed by atoms with Gasteiger partial charge in [0.05, 0.1) is 0 Å². The maximum atomic E-state index is 13.5. The second kappa shape index (κ2) is 10.4. The Morgan fingerprint density at radius 1 is 0.886 bits per heavy atom. The van der Waals surface area contributed by atoms with Gasteiger partial charge in [0.2, 0.25) is 5.91 Å². The number of piperazine rings is 1. The van der Waals surface area contributed by atoms with Crippen LogP contribution in [0.3, 0.4) is 0 Å². The van der Waals surface area contributed by atoms with Crippen LogP contribution in [0.25, 0.3) is 10.9 Å². The van der Waals surface area contributed by atoms with Crippen LogP contribution in [-0.4, -0.2) is 53.0 Å². The molecule has 1 fully saturated rings. The van der Waals surface area contributed by atoms with E-state index in [2.05, 4.69) is 66.0 Å². The van der Waals surface area contributed by atoms with Crippen molar-refractivity contribution in [1.29, 1.82) is 0 Å². The van der Waals surface area contributed by atoms with Crippen molar-refractivity contribution in [2.75, 3.05) is 32.7 Å². The van der Waals surface area contributed by atoms with Crippen molar-refractivity contribution in [2.45, 2.75) is 19.3 Å². The van der Waals surface area contributed by atoms with Crippen LogP contribution < -0.4 is 4.74 Å². The molecule has 5 rings (SSSR count). The number of aryl methyl sites for hydroxylation is 1. The Labute approximate surface area is 207 Å². The molecule has 0 spiro atoms. The predicted molar refractivity (Wildman–Crippen MR) is 141 cm³/mol. The molecule has 180 valence electrons. The molecule has 1 amide bonds. The van der Waals surface area contributed by atoms with Gasteiger partial charge >= 0.3 is 0 Å². The maximum Gasteiger partial charge on any atom is 0.223 e. The Kier molecular flexibility index (Phi) is 6.87. The summed E-state index contributed by atoms with van der Waals surface area (Å²) in [4.78, 5) is 18.0. The average molecular weight is 468 g/mol. The Balaban J connectivity index is 1.48. The molecule has 1 aliphatic heterocycles. The molecule has 3 aromatic carbocycles. The number of amides is 1. The highest BCUT2D eigenvalue weighted by Gasteiger charge is 2.27. The van der Waals surface area contributed by atoms with E-state index in [0.29, 0.717) is 6.42 Å². The van der Waals surface area contributed by atoms with Crippen LogP contribution in [-0.2, 0) is 11.8 Å². The van der Waals surface area contributed by atoms with Crippen molar-refractivity contribution in [3.05, 3.63) is 96.2 Å². The minimum Gasteiger partial charge on any atom is -0.457 e. The van der Waals surface area contributed by atoms with Gasteiger partial charge in [-0.05, 0) is 48.0 Å². The molecule has 2 heterocycles. The monoisotopic (exact) mass is 467 g/mol. The molecular formula is C30H33N3O2. The second-order valence-corrected chi connectivity index (χ2v) is 9.27. The summed E-state index contributed by atoms with van der Waals surface area (Å²) in [6.45, 7) is 6.70. The molecule has 1 atom stereocenters. The zero-order valence-electron chi connectivity index (χ0n) is 20.6. The van der Waals surface area contributed by atoms with Crippen LogP contribution >= 0.6 is 0 Å². The fourth-order valence-corrected chi connectivity index (χ4v) is 5.09. The summed E-state index contributed by atoms with van der Waals surface area (Å²) in [7, 11) is 2.07. The van der Waals surface area contributed by atoms with E-state index in [1.807, 2.05) is 47.4 Å². The summed E-state index contributed by atoms with van der Waals surface area (Å²) in [5.41, 5.74) is 3.45. The van der Waals surface area contributed by atoms with E-state index in [4.69, 9.17) is 4.74 Å². The fourth-order valence-electron chi connectivity index (χ4n) is 5.09. The number of hydrogen-bond donors (Lipinski definition) is 0. The first-order valence-corrected chi connectivity index (χ1v) is 12.5. The quantitative estimate of drug-likeness (QED) is 0.352. The molecule has 0 aliphatic carbocycles. The number of ether oxygens (including phenoxy) is 1. The Morgan fingerprint density at radius 2 is 1.60 bits per heavy atom. The van der Waals surface area contributed by atoms with Crippen molar-refractivity contribution >= 4 is 16.8 Å². The number of hydrogen-bond acceptors (Lipinski definition) is 3. The second-order valence-electron chi connectivity index (χ2n) is 9.27. The van der Waals surface area contributed by atoms with Gasteiger partial charge in [0.25, 0.3) is 0 Å². The van der Waals surface area contributed by atoms with Crippen LogP contribution in [0.4, 0.5) is 0 Å². The van der Waals surface area contributed by atoms with Crippen molar-refractivity contribution in [3.63, 3.8) is 0 Å². The summed E-state index contributed by atoms with van der Waals surface area (Å²) in [6.07, 6.45) is 2.62. The third-order valence-electron chi connectivity index (χ3n) is 7.09. The van der Waals surface area contributed by atoms with Gasteiger partial charge in [-0.2, -0.15) is 0 Å². The van der Waals surface area contributed by atoms with Gasteiger partial charge in [0.1, 0.15) is 11.5 Å². The Morgan fingerprint density at radius 3 is 2.37 bits per heavy atom. The number of fused-ring (bicyclic) bond motifs is 1. The van der Waals surface area contributed by atoms with E-state index in [1.165, 1.54) is 16.5 Å². The van der Waals surface area contributed by atoms with Crippen molar-refractivity contribution in [2.24, 2.45) is 7.05 Å². The Bertz CT molecular complexity index is 1290. The molecule has 0 N–H and O–H groups in total. The lowest BCUT2D eigenvalue weighted by molar-refractivity contribution is -0.133. The fraction of sp³-hybridized carbons (Fsp3) is 0.300. The average Bonchev–Trinajstić information content (AvgIpc) is 3.24. The van der Waals surface area contributed by atoms with E-state index in [0.717, 1.165) is 49.8 Å². The third kappa shape index (κ3) is 5.10. The van der Waals surface area contributed by atoms with Crippen molar-refractivity contribution in [3.8, 4) is 11.5 Å². The van der Waals surface area contributed by atoms with Gasteiger partial charge in [-0.15, -0.1) is 0 Å². The van der Waals surface area contributed by atoms with Gasteiger partial charge < -0.3 is 19.1 Å². The molecule has 0 radical (unpaired) electrons. The molecule has 0 unspecified atom stereocenters. The lowest BCUT2D eigenvalue weighted by Crippen LogP contribution is -2.48. The number of rotatable bonds is 7. The number of likely N-dealkylation sites (N-methyl/N-ethyl adjacent to an activating group) is 1. The largest absolute Gasteiger partial charge is 0.457 e. The maximum absolute atomic E-state index is 13.5. The smallest absolute Gasteiger partial charge is 0.223 e. The van der Waals surface area contributed by atoms with Crippen LogP contribution in [0.5, 0.6) is 11.5 Å². The van der Waals surface area contributed by atoms with Crippen molar-refractivity contribution in [1.82, 2.24) is 14.4 Å². The van der Waals surface area contributed by atoms with E-state index in [1.54, 1.807) is 0 Å². The molecule has 0 saturated carbocycles. The SMILES string of the molecule is CCN1CCN(C(=O)C[C@H](c2cccc(Oc3ccccc3)c2)c2cn(C)c3ccccc23)CC1. The number of aromatic nitrogens is 1. The number of carbonyl (C=O) groups is 1. The lowest BCUT2D eigenvalue weighted by Gasteiger charge is -2.35. The van der Waals surface area contributed by atoms with Crippen LogP contribution in [0.2, 0.25) is 0 Å². The minimum absolute atomic E-state index is 0.0582. The first-order valence-electron chi connectivity index (χ1n) is 12.5. The molecule has 4 aromatic rings. The molecule has 0 bridgehead atoms. The number of benzene rings is 3. The van der Waals surface area contributed by atoms with Crippen LogP contribution in [0, 0.1) is 0 Å². The highest BCUT2D eigenvalue weighted by molar-refractivity contribution is 5.86.